The Balaban J connectivity index is 1.63. The van der Waals surface area contributed by atoms with Crippen LogP contribution in [0.2, 0.25) is 0 Å². The Bertz CT molecular complexity index is 1020. The lowest BCUT2D eigenvalue weighted by molar-refractivity contribution is -0.137. The van der Waals surface area contributed by atoms with E-state index >= 15 is 0 Å². The monoisotopic (exact) mass is 422 g/mol. The molecule has 0 N–H and O–H groups in total. The van der Waals surface area contributed by atoms with E-state index in [9.17, 15) is 9.59 Å². The number of ether oxygens (including phenoxy) is 2. The second-order valence-corrected chi connectivity index (χ2v) is 8.06. The van der Waals surface area contributed by atoms with Crippen molar-refractivity contribution in [3.05, 3.63) is 77.0 Å². The maximum atomic E-state index is 12.7. The minimum atomic E-state index is -0.562. The molecule has 2 aliphatic heterocycles. The van der Waals surface area contributed by atoms with Gasteiger partial charge in [0.1, 0.15) is 12.4 Å². The third kappa shape index (κ3) is 3.98. The topological polar surface area (TPSA) is 68.2 Å². The van der Waals surface area contributed by atoms with Gasteiger partial charge in [-0.3, -0.25) is 9.69 Å². The highest BCUT2D eigenvalue weighted by molar-refractivity contribution is 8.14. The van der Waals surface area contributed by atoms with Crippen LogP contribution < -0.4 is 4.74 Å². The highest BCUT2D eigenvalue weighted by atomic mass is 32.2. The average molecular weight is 423 g/mol. The summed E-state index contributed by atoms with van der Waals surface area (Å²) in [6.07, 6.45) is 0.409. The largest absolute Gasteiger partial charge is 0.489 e. The van der Waals surface area contributed by atoms with E-state index in [4.69, 9.17) is 9.47 Å². The van der Waals surface area contributed by atoms with Crippen LogP contribution in [-0.2, 0) is 20.9 Å². The number of aliphatic imine (C=N–C) groups is 1. The van der Waals surface area contributed by atoms with Crippen molar-refractivity contribution in [2.75, 3.05) is 12.9 Å². The molecule has 2 aliphatic rings. The summed E-state index contributed by atoms with van der Waals surface area (Å²) in [5, 5.41) is 0.630. The number of amidine groups is 1. The Morgan fingerprint density at radius 1 is 1.17 bits per heavy atom. The van der Waals surface area contributed by atoms with E-state index in [1.54, 1.807) is 11.8 Å². The van der Waals surface area contributed by atoms with Crippen molar-refractivity contribution in [3.8, 4) is 5.75 Å². The molecule has 0 spiro atoms. The third-order valence-corrected chi connectivity index (χ3v) is 6.01. The number of hydrogen-bond acceptors (Lipinski definition) is 6. The molecule has 0 aromatic heterocycles. The molecule has 0 saturated carbocycles. The van der Waals surface area contributed by atoms with Crippen LogP contribution in [0.25, 0.3) is 0 Å². The molecular weight excluding hydrogens is 400 g/mol. The summed E-state index contributed by atoms with van der Waals surface area (Å²) in [5.74, 6) is 0.879. The van der Waals surface area contributed by atoms with Crippen molar-refractivity contribution >= 4 is 28.8 Å². The second kappa shape index (κ2) is 8.75. The van der Waals surface area contributed by atoms with Gasteiger partial charge in [-0.15, -0.1) is 0 Å². The Labute approximate surface area is 179 Å². The SMILES string of the molecule is COC(=O)C1=C(C)N=C2SCCC(=O)N2[C@@H]1c1ccc(OCc2ccccc2)cc1. The van der Waals surface area contributed by atoms with E-state index in [0.717, 1.165) is 11.1 Å². The molecule has 0 bridgehead atoms. The Morgan fingerprint density at radius 3 is 2.60 bits per heavy atom. The van der Waals surface area contributed by atoms with Crippen molar-refractivity contribution in [1.29, 1.82) is 0 Å². The van der Waals surface area contributed by atoms with Gasteiger partial charge in [-0.05, 0) is 30.2 Å². The van der Waals surface area contributed by atoms with Crippen LogP contribution in [-0.4, -0.2) is 34.8 Å². The minimum Gasteiger partial charge on any atom is -0.489 e. The van der Waals surface area contributed by atoms with Gasteiger partial charge < -0.3 is 9.47 Å². The number of esters is 1. The van der Waals surface area contributed by atoms with Crippen LogP contribution in [0, 0.1) is 0 Å². The number of rotatable bonds is 5. The van der Waals surface area contributed by atoms with Crippen LogP contribution in [0.4, 0.5) is 0 Å². The molecule has 2 aromatic rings. The smallest absolute Gasteiger partial charge is 0.338 e. The number of nitrogens with zero attached hydrogens (tertiary/aromatic N) is 2. The predicted molar refractivity (Wildman–Crippen MR) is 116 cm³/mol. The fourth-order valence-corrected chi connectivity index (χ4v) is 4.58. The number of carbonyl (C=O) groups excluding carboxylic acids is 2. The van der Waals surface area contributed by atoms with Crippen molar-refractivity contribution in [2.24, 2.45) is 4.99 Å². The van der Waals surface area contributed by atoms with Gasteiger partial charge in [-0.25, -0.2) is 9.79 Å². The summed E-state index contributed by atoms with van der Waals surface area (Å²) >= 11 is 1.53. The van der Waals surface area contributed by atoms with Crippen LogP contribution in [0.15, 0.2) is 70.9 Å². The quantitative estimate of drug-likeness (QED) is 0.679. The number of benzene rings is 2. The maximum Gasteiger partial charge on any atom is 0.338 e. The molecule has 1 amide bonds. The third-order valence-electron chi connectivity index (χ3n) is 5.06. The first-order valence-corrected chi connectivity index (χ1v) is 10.7. The van der Waals surface area contributed by atoms with Gasteiger partial charge in [-0.1, -0.05) is 54.2 Å². The summed E-state index contributed by atoms with van der Waals surface area (Å²) in [6, 6.07) is 16.8. The Kier molecular flexibility index (Phi) is 5.90. The molecule has 0 radical (unpaired) electrons. The van der Waals surface area contributed by atoms with E-state index < -0.39 is 12.0 Å². The zero-order valence-electron chi connectivity index (χ0n) is 16.8. The molecule has 4 rings (SSSR count). The molecule has 7 heteroatoms. The minimum absolute atomic E-state index is 0.0455. The molecule has 1 saturated heterocycles. The van der Waals surface area contributed by atoms with E-state index in [2.05, 4.69) is 4.99 Å². The predicted octanol–water partition coefficient (Wildman–Crippen LogP) is 4.09. The van der Waals surface area contributed by atoms with Crippen LogP contribution in [0.3, 0.4) is 0 Å². The number of hydrogen-bond donors (Lipinski definition) is 0. The zero-order chi connectivity index (χ0) is 21.1. The molecule has 1 atom stereocenters. The molecule has 154 valence electrons. The first-order chi connectivity index (χ1) is 14.6. The van der Waals surface area contributed by atoms with Gasteiger partial charge in [-0.2, -0.15) is 0 Å². The number of carbonyl (C=O) groups is 2. The van der Waals surface area contributed by atoms with Crippen molar-refractivity contribution in [2.45, 2.75) is 26.0 Å². The summed E-state index contributed by atoms with van der Waals surface area (Å²) in [4.78, 5) is 31.4. The van der Waals surface area contributed by atoms with Gasteiger partial charge in [0.15, 0.2) is 5.17 Å². The summed E-state index contributed by atoms with van der Waals surface area (Å²) in [7, 11) is 1.34. The first kappa shape index (κ1) is 20.2. The summed E-state index contributed by atoms with van der Waals surface area (Å²) < 4.78 is 10.9. The number of amides is 1. The van der Waals surface area contributed by atoms with Crippen LogP contribution in [0.1, 0.15) is 30.5 Å². The highest BCUT2D eigenvalue weighted by Gasteiger charge is 2.41. The van der Waals surface area contributed by atoms with Crippen molar-refractivity contribution < 1.29 is 19.1 Å². The molecule has 2 aromatic carbocycles. The fraction of sp³-hybridized carbons (Fsp3) is 0.261. The molecule has 6 nitrogen and oxygen atoms in total. The van der Waals surface area contributed by atoms with E-state index in [-0.39, 0.29) is 5.91 Å². The molecule has 0 aliphatic carbocycles. The van der Waals surface area contributed by atoms with Gasteiger partial charge in [0, 0.05) is 12.2 Å². The maximum absolute atomic E-state index is 12.7. The van der Waals surface area contributed by atoms with Gasteiger partial charge in [0.25, 0.3) is 0 Å². The molecule has 1 fully saturated rings. The molecular formula is C23H22N2O4S. The second-order valence-electron chi connectivity index (χ2n) is 6.99. The van der Waals surface area contributed by atoms with Crippen LogP contribution >= 0.6 is 11.8 Å². The fourth-order valence-electron chi connectivity index (χ4n) is 3.57. The number of fused-ring (bicyclic) bond motifs is 1. The Morgan fingerprint density at radius 2 is 1.90 bits per heavy atom. The summed E-state index contributed by atoms with van der Waals surface area (Å²) in [6.45, 7) is 2.24. The lowest BCUT2D eigenvalue weighted by atomic mass is 9.94. The Hall–Kier alpha value is -3.06. The lowest BCUT2D eigenvalue weighted by Gasteiger charge is -2.38. The van der Waals surface area contributed by atoms with E-state index in [1.165, 1.54) is 18.9 Å². The molecule has 30 heavy (non-hydrogen) atoms. The normalized spacial score (nSPS) is 18.6. The van der Waals surface area contributed by atoms with Crippen molar-refractivity contribution in [1.82, 2.24) is 4.90 Å². The number of allylic oxidation sites excluding steroid dienone is 1. The van der Waals surface area contributed by atoms with E-state index in [0.29, 0.717) is 41.0 Å². The van der Waals surface area contributed by atoms with Gasteiger partial charge >= 0.3 is 5.97 Å². The van der Waals surface area contributed by atoms with Crippen molar-refractivity contribution in [3.63, 3.8) is 0 Å². The van der Waals surface area contributed by atoms with E-state index in [1.807, 2.05) is 54.6 Å². The number of thioether (sulfide) groups is 1. The number of methoxy groups -OCH3 is 1. The van der Waals surface area contributed by atoms with Gasteiger partial charge in [0.05, 0.1) is 24.4 Å². The highest BCUT2D eigenvalue weighted by Crippen LogP contribution is 2.40. The van der Waals surface area contributed by atoms with Crippen LogP contribution in [0.5, 0.6) is 5.75 Å². The molecule has 2 heterocycles. The van der Waals surface area contributed by atoms with Gasteiger partial charge in [0.2, 0.25) is 5.91 Å². The molecule has 0 unspecified atom stereocenters. The zero-order valence-corrected chi connectivity index (χ0v) is 17.6. The lowest BCUT2D eigenvalue weighted by Crippen LogP contribution is -2.45. The summed E-state index contributed by atoms with van der Waals surface area (Å²) in [5.41, 5.74) is 2.85. The average Bonchev–Trinajstić information content (AvgIpc) is 2.77. The first-order valence-electron chi connectivity index (χ1n) is 9.68. The standard InChI is InChI=1S/C23H22N2O4S/c1-15-20(22(27)28-2)21(25-19(26)12-13-30-23(25)24-15)17-8-10-18(11-9-17)29-14-16-6-4-3-5-7-16/h3-11,21H,12-14H2,1-2H3/t21-/m1/s1.